The molecule has 0 fully saturated rings. The number of para-hydroxylation sites is 1. The first-order chi connectivity index (χ1) is 13.9. The molecule has 0 aliphatic carbocycles. The molecule has 0 bridgehead atoms. The molecule has 1 heterocycles. The molecule has 0 spiro atoms. The first kappa shape index (κ1) is 20.7. The van der Waals surface area contributed by atoms with Crippen molar-refractivity contribution in [1.82, 2.24) is 10.3 Å². The van der Waals surface area contributed by atoms with E-state index in [1.54, 1.807) is 18.2 Å². The zero-order valence-electron chi connectivity index (χ0n) is 16.5. The van der Waals surface area contributed by atoms with E-state index < -0.39 is 6.10 Å². The number of aliphatic hydroxyl groups is 1. The fourth-order valence-corrected chi connectivity index (χ4v) is 3.13. The number of H-pyrrole nitrogens is 1. The lowest BCUT2D eigenvalue weighted by Crippen LogP contribution is -2.37. The number of carbonyl (C=O) groups excluding carboxylic acids is 1. The number of aromatic nitrogens is 1. The van der Waals surface area contributed by atoms with Crippen LogP contribution in [0.2, 0.25) is 0 Å². The molecule has 7 heteroatoms. The van der Waals surface area contributed by atoms with Gasteiger partial charge in [0.15, 0.2) is 5.75 Å². The molecule has 2 aromatic carbocycles. The Morgan fingerprint density at radius 2 is 1.97 bits per heavy atom. The number of aromatic amines is 1. The van der Waals surface area contributed by atoms with Crippen molar-refractivity contribution in [3.05, 3.63) is 54.2 Å². The molecule has 2 atom stereocenters. The summed E-state index contributed by atoms with van der Waals surface area (Å²) in [5, 5.41) is 23.7. The average Bonchev–Trinajstić information content (AvgIpc) is 3.09. The molecule has 3 aromatic rings. The molecule has 0 saturated heterocycles. The van der Waals surface area contributed by atoms with Crippen LogP contribution in [0.5, 0.6) is 17.2 Å². The van der Waals surface area contributed by atoms with Gasteiger partial charge in [0.25, 0.3) is 0 Å². The van der Waals surface area contributed by atoms with Gasteiger partial charge in [-0.25, -0.2) is 0 Å². The molecule has 29 heavy (non-hydrogen) atoms. The van der Waals surface area contributed by atoms with E-state index in [2.05, 4.69) is 10.3 Å². The fraction of sp³-hybridized carbons (Fsp3) is 0.318. The number of nitrogens with one attached hydrogen (secondary N) is 2. The summed E-state index contributed by atoms with van der Waals surface area (Å²) in [6, 6.07) is 12.1. The number of phenols is 1. The summed E-state index contributed by atoms with van der Waals surface area (Å²) in [4.78, 5) is 14.4. The third-order valence-electron chi connectivity index (χ3n) is 4.52. The number of hydrogen-bond acceptors (Lipinski definition) is 6. The van der Waals surface area contributed by atoms with E-state index >= 15 is 0 Å². The summed E-state index contributed by atoms with van der Waals surface area (Å²) in [6.45, 7) is 3.97. The van der Waals surface area contributed by atoms with Crippen molar-refractivity contribution in [2.75, 3.05) is 13.2 Å². The Morgan fingerprint density at radius 1 is 1.21 bits per heavy atom. The number of fused-ring (bicyclic) bond motifs is 1. The van der Waals surface area contributed by atoms with Crippen molar-refractivity contribution in [3.8, 4) is 17.2 Å². The Kier molecular flexibility index (Phi) is 6.74. The molecule has 7 nitrogen and oxygen atoms in total. The first-order valence-electron chi connectivity index (χ1n) is 9.53. The Bertz CT molecular complexity index is 951. The zero-order chi connectivity index (χ0) is 20.8. The van der Waals surface area contributed by atoms with Crippen molar-refractivity contribution in [2.45, 2.75) is 32.4 Å². The van der Waals surface area contributed by atoms with Crippen molar-refractivity contribution in [2.24, 2.45) is 0 Å². The molecule has 154 valence electrons. The number of esters is 1. The third kappa shape index (κ3) is 5.73. The third-order valence-corrected chi connectivity index (χ3v) is 4.52. The van der Waals surface area contributed by atoms with E-state index in [4.69, 9.17) is 9.47 Å². The molecule has 0 radical (unpaired) electrons. The highest BCUT2D eigenvalue weighted by atomic mass is 16.5. The van der Waals surface area contributed by atoms with Gasteiger partial charge >= 0.3 is 5.97 Å². The standard InChI is InChI=1S/C22H26N2O5/c1-14(23-12-18(27)13-28-19-8-6-17(26)7-9-19)10-16-11-24-22-20(16)4-3-5-21(22)29-15(2)25/h3-9,11,14,18,23-24,26-27H,10,12-13H2,1-2H3. The fourth-order valence-electron chi connectivity index (χ4n) is 3.13. The highest BCUT2D eigenvalue weighted by Crippen LogP contribution is 2.28. The Balaban J connectivity index is 1.50. The lowest BCUT2D eigenvalue weighted by Gasteiger charge is -2.17. The van der Waals surface area contributed by atoms with Crippen LogP contribution in [-0.2, 0) is 11.2 Å². The second-order valence-electron chi connectivity index (χ2n) is 7.06. The van der Waals surface area contributed by atoms with E-state index in [-0.39, 0.29) is 24.4 Å². The second kappa shape index (κ2) is 9.45. The van der Waals surface area contributed by atoms with Gasteiger partial charge in [-0.2, -0.15) is 0 Å². The maximum atomic E-state index is 11.3. The maximum absolute atomic E-state index is 11.3. The lowest BCUT2D eigenvalue weighted by atomic mass is 10.1. The van der Waals surface area contributed by atoms with Gasteiger partial charge in [0.05, 0.1) is 5.52 Å². The molecule has 0 aliphatic rings. The number of carbonyl (C=O) groups is 1. The van der Waals surface area contributed by atoms with Crippen LogP contribution in [0, 0.1) is 0 Å². The molecular weight excluding hydrogens is 372 g/mol. The van der Waals surface area contributed by atoms with E-state index in [0.29, 0.717) is 18.0 Å². The minimum atomic E-state index is -0.662. The lowest BCUT2D eigenvalue weighted by molar-refractivity contribution is -0.131. The predicted octanol–water partition coefficient (Wildman–Crippen LogP) is 2.76. The smallest absolute Gasteiger partial charge is 0.308 e. The number of hydrogen-bond donors (Lipinski definition) is 4. The highest BCUT2D eigenvalue weighted by molar-refractivity contribution is 5.90. The van der Waals surface area contributed by atoms with Gasteiger partial charge in [0.1, 0.15) is 24.2 Å². The molecule has 0 saturated carbocycles. The van der Waals surface area contributed by atoms with Gasteiger partial charge in [-0.05, 0) is 49.2 Å². The number of aliphatic hydroxyl groups excluding tert-OH is 1. The quantitative estimate of drug-likeness (QED) is 0.326. The monoisotopic (exact) mass is 398 g/mol. The topological polar surface area (TPSA) is 104 Å². The van der Waals surface area contributed by atoms with Crippen LogP contribution in [0.1, 0.15) is 19.4 Å². The van der Waals surface area contributed by atoms with Crippen molar-refractivity contribution in [1.29, 1.82) is 0 Å². The largest absolute Gasteiger partial charge is 0.508 e. The van der Waals surface area contributed by atoms with Crippen LogP contribution in [0.25, 0.3) is 10.9 Å². The van der Waals surface area contributed by atoms with E-state index in [9.17, 15) is 15.0 Å². The Labute approximate surface area is 169 Å². The summed E-state index contributed by atoms with van der Waals surface area (Å²) >= 11 is 0. The van der Waals surface area contributed by atoms with Crippen LogP contribution < -0.4 is 14.8 Å². The second-order valence-corrected chi connectivity index (χ2v) is 7.06. The summed E-state index contributed by atoms with van der Waals surface area (Å²) in [6.07, 6.45) is 2.00. The highest BCUT2D eigenvalue weighted by Gasteiger charge is 2.13. The van der Waals surface area contributed by atoms with Gasteiger partial charge in [-0.3, -0.25) is 4.79 Å². The van der Waals surface area contributed by atoms with E-state index in [0.717, 1.165) is 22.9 Å². The minimum Gasteiger partial charge on any atom is -0.508 e. The number of benzene rings is 2. The molecule has 3 rings (SSSR count). The van der Waals surface area contributed by atoms with Crippen molar-refractivity contribution < 1.29 is 24.5 Å². The average molecular weight is 398 g/mol. The molecular formula is C22H26N2O5. The van der Waals surface area contributed by atoms with Crippen LogP contribution in [0.4, 0.5) is 0 Å². The first-order valence-corrected chi connectivity index (χ1v) is 9.53. The molecule has 1 aromatic heterocycles. The number of rotatable bonds is 9. The van der Waals surface area contributed by atoms with Crippen molar-refractivity contribution in [3.63, 3.8) is 0 Å². The normalized spacial score (nSPS) is 13.2. The van der Waals surface area contributed by atoms with Crippen molar-refractivity contribution >= 4 is 16.9 Å². The van der Waals surface area contributed by atoms with Gasteiger partial charge < -0.3 is 30.0 Å². The maximum Gasteiger partial charge on any atom is 0.308 e. The van der Waals surface area contributed by atoms with Gasteiger partial charge in [-0.1, -0.05) is 12.1 Å². The zero-order valence-corrected chi connectivity index (χ0v) is 16.5. The molecule has 4 N–H and O–H groups in total. The number of ether oxygens (including phenoxy) is 2. The van der Waals surface area contributed by atoms with Gasteiger partial charge in [0, 0.05) is 31.1 Å². The molecule has 2 unspecified atom stereocenters. The SMILES string of the molecule is CC(=O)Oc1cccc2c(CC(C)NCC(O)COc3ccc(O)cc3)c[nH]c12. The number of aromatic hydroxyl groups is 1. The van der Waals surface area contributed by atoms with E-state index in [1.807, 2.05) is 25.3 Å². The number of phenolic OH excluding ortho intramolecular Hbond substituents is 1. The molecule has 0 amide bonds. The molecule has 0 aliphatic heterocycles. The Morgan fingerprint density at radius 3 is 2.69 bits per heavy atom. The van der Waals surface area contributed by atoms with Crippen LogP contribution in [-0.4, -0.2) is 46.5 Å². The Hall–Kier alpha value is -3.03. The summed E-state index contributed by atoms with van der Waals surface area (Å²) in [5.74, 6) is 0.929. The van der Waals surface area contributed by atoms with E-state index in [1.165, 1.54) is 19.1 Å². The predicted molar refractivity (Wildman–Crippen MR) is 110 cm³/mol. The summed E-state index contributed by atoms with van der Waals surface area (Å²) in [7, 11) is 0. The van der Waals surface area contributed by atoms with Gasteiger partial charge in [0.2, 0.25) is 0 Å². The van der Waals surface area contributed by atoms with Crippen LogP contribution in [0.15, 0.2) is 48.7 Å². The van der Waals surface area contributed by atoms with Crippen LogP contribution >= 0.6 is 0 Å². The summed E-state index contributed by atoms with van der Waals surface area (Å²) in [5.41, 5.74) is 1.90. The minimum absolute atomic E-state index is 0.120. The van der Waals surface area contributed by atoms with Gasteiger partial charge in [-0.15, -0.1) is 0 Å². The van der Waals surface area contributed by atoms with Crippen LogP contribution in [0.3, 0.4) is 0 Å². The summed E-state index contributed by atoms with van der Waals surface area (Å²) < 4.78 is 10.8.